The number of benzene rings is 1. The van der Waals surface area contributed by atoms with Crippen molar-refractivity contribution < 1.29 is 5.11 Å². The second-order valence-corrected chi connectivity index (χ2v) is 6.33. The first kappa shape index (κ1) is 15.3. The Morgan fingerprint density at radius 1 is 1.18 bits per heavy atom. The van der Waals surface area contributed by atoms with E-state index in [1.807, 2.05) is 19.3 Å². The zero-order chi connectivity index (χ0) is 15.5. The topological polar surface area (TPSA) is 50.1 Å². The van der Waals surface area contributed by atoms with Crippen LogP contribution in [0.5, 0.6) is 0 Å². The van der Waals surface area contributed by atoms with E-state index in [2.05, 4.69) is 46.1 Å². The van der Waals surface area contributed by atoms with Gasteiger partial charge >= 0.3 is 0 Å². The highest BCUT2D eigenvalue weighted by Crippen LogP contribution is 2.22. The summed E-state index contributed by atoms with van der Waals surface area (Å²) in [7, 11) is 0. The number of nitrogens with one attached hydrogen (secondary N) is 1. The standard InChI is InChI=1S/C18H25N3O/c1-13(20-16-5-9-18(22)10-6-16)15-3-7-17(8-4-15)21-12-11-19-14(21)2/h3-4,7-8,11-13,16,18,20,22H,5-6,9-10H2,1-2H3. The lowest BCUT2D eigenvalue weighted by atomic mass is 9.92. The van der Waals surface area contributed by atoms with Crippen LogP contribution in [-0.4, -0.2) is 26.8 Å². The van der Waals surface area contributed by atoms with Crippen molar-refractivity contribution in [2.75, 3.05) is 0 Å². The molecule has 2 aromatic rings. The summed E-state index contributed by atoms with van der Waals surface area (Å²) in [6, 6.07) is 9.51. The Morgan fingerprint density at radius 2 is 1.86 bits per heavy atom. The van der Waals surface area contributed by atoms with E-state index in [4.69, 9.17) is 0 Å². The van der Waals surface area contributed by atoms with E-state index in [1.54, 1.807) is 0 Å². The highest BCUT2D eigenvalue weighted by molar-refractivity contribution is 5.36. The lowest BCUT2D eigenvalue weighted by Gasteiger charge is -2.29. The molecule has 4 nitrogen and oxygen atoms in total. The third kappa shape index (κ3) is 3.39. The summed E-state index contributed by atoms with van der Waals surface area (Å²) in [4.78, 5) is 4.26. The average molecular weight is 299 g/mol. The SMILES string of the molecule is Cc1nccn1-c1ccc(C(C)NC2CCC(O)CC2)cc1. The minimum atomic E-state index is -0.0916. The first-order valence-electron chi connectivity index (χ1n) is 8.18. The summed E-state index contributed by atoms with van der Waals surface area (Å²) in [5, 5.41) is 13.3. The van der Waals surface area contributed by atoms with Crippen LogP contribution < -0.4 is 5.32 Å². The van der Waals surface area contributed by atoms with Crippen LogP contribution in [0, 0.1) is 6.92 Å². The predicted octanol–water partition coefficient (Wildman–Crippen LogP) is 3.13. The molecule has 1 atom stereocenters. The summed E-state index contributed by atoms with van der Waals surface area (Å²) in [5.74, 6) is 1.000. The molecule has 1 fully saturated rings. The van der Waals surface area contributed by atoms with Crippen molar-refractivity contribution in [2.45, 2.75) is 57.7 Å². The second kappa shape index (κ2) is 6.63. The molecule has 4 heteroatoms. The van der Waals surface area contributed by atoms with E-state index in [1.165, 1.54) is 5.56 Å². The first-order valence-corrected chi connectivity index (χ1v) is 8.18. The maximum absolute atomic E-state index is 9.59. The van der Waals surface area contributed by atoms with Crippen LogP contribution in [0.1, 0.15) is 50.0 Å². The molecule has 1 aliphatic rings. The van der Waals surface area contributed by atoms with Crippen molar-refractivity contribution in [3.05, 3.63) is 48.0 Å². The lowest BCUT2D eigenvalue weighted by molar-refractivity contribution is 0.114. The summed E-state index contributed by atoms with van der Waals surface area (Å²) in [6.45, 7) is 4.22. The fourth-order valence-electron chi connectivity index (χ4n) is 3.27. The van der Waals surface area contributed by atoms with Crippen molar-refractivity contribution in [1.82, 2.24) is 14.9 Å². The highest BCUT2D eigenvalue weighted by atomic mass is 16.3. The molecule has 1 heterocycles. The Kier molecular flexibility index (Phi) is 4.60. The van der Waals surface area contributed by atoms with E-state index >= 15 is 0 Å². The largest absolute Gasteiger partial charge is 0.393 e. The number of imidazole rings is 1. The van der Waals surface area contributed by atoms with E-state index in [9.17, 15) is 5.11 Å². The van der Waals surface area contributed by atoms with Crippen molar-refractivity contribution in [3.63, 3.8) is 0 Å². The van der Waals surface area contributed by atoms with Crippen LogP contribution in [-0.2, 0) is 0 Å². The van der Waals surface area contributed by atoms with Crippen LogP contribution >= 0.6 is 0 Å². The number of hydrogen-bond donors (Lipinski definition) is 2. The number of aromatic nitrogens is 2. The van der Waals surface area contributed by atoms with Gasteiger partial charge in [-0.3, -0.25) is 0 Å². The van der Waals surface area contributed by atoms with Crippen LogP contribution in [0.3, 0.4) is 0 Å². The number of nitrogens with zero attached hydrogens (tertiary/aromatic N) is 2. The summed E-state index contributed by atoms with van der Waals surface area (Å²) in [5.41, 5.74) is 2.44. The predicted molar refractivity (Wildman–Crippen MR) is 88.1 cm³/mol. The zero-order valence-electron chi connectivity index (χ0n) is 13.4. The number of aliphatic hydroxyl groups excluding tert-OH is 1. The van der Waals surface area contributed by atoms with Crippen molar-refractivity contribution in [3.8, 4) is 5.69 Å². The van der Waals surface area contributed by atoms with Gasteiger partial charge < -0.3 is 15.0 Å². The molecule has 22 heavy (non-hydrogen) atoms. The summed E-state index contributed by atoms with van der Waals surface area (Å²) < 4.78 is 2.09. The lowest BCUT2D eigenvalue weighted by Crippen LogP contribution is -2.36. The molecule has 0 amide bonds. The molecule has 3 rings (SSSR count). The van der Waals surface area contributed by atoms with Gasteiger partial charge in [0.2, 0.25) is 0 Å². The van der Waals surface area contributed by atoms with Gasteiger partial charge in [0, 0.05) is 30.2 Å². The quantitative estimate of drug-likeness (QED) is 0.912. The van der Waals surface area contributed by atoms with Gasteiger partial charge in [-0.1, -0.05) is 12.1 Å². The number of aryl methyl sites for hydroxylation is 1. The van der Waals surface area contributed by atoms with Gasteiger partial charge in [-0.2, -0.15) is 0 Å². The molecule has 1 aromatic heterocycles. The summed E-state index contributed by atoms with van der Waals surface area (Å²) in [6.07, 6.45) is 7.69. The Morgan fingerprint density at radius 3 is 2.45 bits per heavy atom. The molecule has 1 saturated carbocycles. The van der Waals surface area contributed by atoms with Crippen LogP contribution in [0.25, 0.3) is 5.69 Å². The molecule has 118 valence electrons. The zero-order valence-corrected chi connectivity index (χ0v) is 13.4. The third-order valence-corrected chi connectivity index (χ3v) is 4.68. The smallest absolute Gasteiger partial charge is 0.110 e. The Balaban J connectivity index is 1.64. The molecular weight excluding hydrogens is 274 g/mol. The van der Waals surface area contributed by atoms with Crippen LogP contribution in [0.4, 0.5) is 0 Å². The molecule has 0 spiro atoms. The van der Waals surface area contributed by atoms with Crippen molar-refractivity contribution in [1.29, 1.82) is 0 Å². The fraction of sp³-hybridized carbons (Fsp3) is 0.500. The first-order chi connectivity index (χ1) is 10.6. The fourth-order valence-corrected chi connectivity index (χ4v) is 3.27. The molecule has 0 aliphatic heterocycles. The van der Waals surface area contributed by atoms with Crippen LogP contribution in [0.15, 0.2) is 36.7 Å². The van der Waals surface area contributed by atoms with E-state index in [-0.39, 0.29) is 6.10 Å². The van der Waals surface area contributed by atoms with Gasteiger partial charge in [0.15, 0.2) is 0 Å². The number of rotatable bonds is 4. The van der Waals surface area contributed by atoms with E-state index in [0.717, 1.165) is 37.2 Å². The molecule has 0 saturated heterocycles. The second-order valence-electron chi connectivity index (χ2n) is 6.33. The number of aliphatic hydroxyl groups is 1. The van der Waals surface area contributed by atoms with Gasteiger partial charge in [0.05, 0.1) is 6.10 Å². The van der Waals surface area contributed by atoms with E-state index < -0.39 is 0 Å². The maximum atomic E-state index is 9.59. The van der Waals surface area contributed by atoms with Gasteiger partial charge in [0.1, 0.15) is 5.82 Å². The van der Waals surface area contributed by atoms with Gasteiger partial charge in [0.25, 0.3) is 0 Å². The molecule has 2 N–H and O–H groups in total. The Bertz CT molecular complexity index is 597. The Labute approximate surface area is 132 Å². The normalized spacial score (nSPS) is 23.4. The van der Waals surface area contributed by atoms with Gasteiger partial charge in [-0.05, 0) is 57.2 Å². The molecule has 0 radical (unpaired) electrons. The maximum Gasteiger partial charge on any atom is 0.110 e. The molecule has 1 aromatic carbocycles. The van der Waals surface area contributed by atoms with Gasteiger partial charge in [-0.25, -0.2) is 4.98 Å². The third-order valence-electron chi connectivity index (χ3n) is 4.68. The highest BCUT2D eigenvalue weighted by Gasteiger charge is 2.20. The van der Waals surface area contributed by atoms with Crippen molar-refractivity contribution >= 4 is 0 Å². The van der Waals surface area contributed by atoms with Crippen LogP contribution in [0.2, 0.25) is 0 Å². The molecular formula is C18H25N3O. The molecule has 1 unspecified atom stereocenters. The van der Waals surface area contributed by atoms with Gasteiger partial charge in [-0.15, -0.1) is 0 Å². The average Bonchev–Trinajstić information content (AvgIpc) is 2.96. The summed E-state index contributed by atoms with van der Waals surface area (Å²) >= 11 is 0. The van der Waals surface area contributed by atoms with E-state index in [0.29, 0.717) is 12.1 Å². The molecule has 1 aliphatic carbocycles. The Hall–Kier alpha value is -1.65. The monoisotopic (exact) mass is 299 g/mol. The number of hydrogen-bond acceptors (Lipinski definition) is 3. The minimum absolute atomic E-state index is 0.0916. The molecule has 0 bridgehead atoms. The minimum Gasteiger partial charge on any atom is -0.393 e. The van der Waals surface area contributed by atoms with Crippen molar-refractivity contribution in [2.24, 2.45) is 0 Å².